The Balaban J connectivity index is 1.48. The molecule has 7 nitrogen and oxygen atoms in total. The normalized spacial score (nSPS) is 15.5. The van der Waals surface area contributed by atoms with E-state index in [1.807, 2.05) is 42.5 Å². The van der Waals surface area contributed by atoms with Crippen LogP contribution in [-0.4, -0.2) is 59.3 Å². The number of nitrogens with one attached hydrogen (secondary N) is 1. The van der Waals surface area contributed by atoms with Crippen LogP contribution in [0.4, 0.5) is 4.39 Å². The number of aromatic nitrogens is 3. The Kier molecular flexibility index (Phi) is 7.06. The summed E-state index contributed by atoms with van der Waals surface area (Å²) in [6, 6.07) is 11.2. The molecule has 8 heteroatoms. The number of morpholine rings is 1. The number of benzene rings is 1. The van der Waals surface area contributed by atoms with Crippen molar-refractivity contribution in [3.63, 3.8) is 0 Å². The van der Waals surface area contributed by atoms with Crippen LogP contribution in [0.3, 0.4) is 0 Å². The zero-order chi connectivity index (χ0) is 24.9. The van der Waals surface area contributed by atoms with Gasteiger partial charge in [0, 0.05) is 54.4 Å². The van der Waals surface area contributed by atoms with Crippen LogP contribution >= 0.6 is 0 Å². The van der Waals surface area contributed by atoms with Gasteiger partial charge in [0.15, 0.2) is 0 Å². The van der Waals surface area contributed by atoms with Crippen molar-refractivity contribution in [1.82, 2.24) is 19.9 Å². The Hall–Kier alpha value is -4.01. The number of fused-ring (bicyclic) bond motifs is 1. The van der Waals surface area contributed by atoms with Crippen LogP contribution < -0.4 is 21.0 Å². The van der Waals surface area contributed by atoms with Crippen molar-refractivity contribution < 1.29 is 13.9 Å². The second kappa shape index (κ2) is 10.7. The van der Waals surface area contributed by atoms with Gasteiger partial charge < -0.3 is 20.2 Å². The summed E-state index contributed by atoms with van der Waals surface area (Å²) in [6.45, 7) is 8.96. The maximum atomic E-state index is 15.3. The van der Waals surface area contributed by atoms with Gasteiger partial charge in [0.1, 0.15) is 23.8 Å². The largest absolute Gasteiger partial charge is 0.492 e. The van der Waals surface area contributed by atoms with Gasteiger partial charge in [0.2, 0.25) is 0 Å². The van der Waals surface area contributed by atoms with Crippen LogP contribution in [0, 0.1) is 5.82 Å². The van der Waals surface area contributed by atoms with E-state index < -0.39 is 5.82 Å². The van der Waals surface area contributed by atoms with Gasteiger partial charge in [-0.1, -0.05) is 24.8 Å². The average molecular weight is 486 g/mol. The third-order valence-electron chi connectivity index (χ3n) is 6.29. The minimum absolute atomic E-state index is 0.423. The van der Waals surface area contributed by atoms with Crippen molar-refractivity contribution in [2.45, 2.75) is 0 Å². The van der Waals surface area contributed by atoms with Crippen molar-refractivity contribution in [3.05, 3.63) is 83.5 Å². The number of hydrogen-bond acceptors (Lipinski definition) is 6. The molecule has 1 aromatic carbocycles. The molecule has 4 aromatic rings. The zero-order valence-corrected chi connectivity index (χ0v) is 19.9. The molecular weight excluding hydrogens is 457 g/mol. The predicted octanol–water partition coefficient (Wildman–Crippen LogP) is 2.67. The number of H-pyrrole nitrogens is 1. The second-order valence-corrected chi connectivity index (χ2v) is 8.56. The maximum Gasteiger partial charge on any atom is 0.150 e. The lowest BCUT2D eigenvalue weighted by atomic mass is 10.0. The monoisotopic (exact) mass is 485 g/mol. The zero-order valence-electron chi connectivity index (χ0n) is 19.9. The third kappa shape index (κ3) is 5.00. The Morgan fingerprint density at radius 1 is 1.19 bits per heavy atom. The van der Waals surface area contributed by atoms with E-state index in [2.05, 4.69) is 26.4 Å². The van der Waals surface area contributed by atoms with Gasteiger partial charge in [-0.05, 0) is 41.0 Å². The summed E-state index contributed by atoms with van der Waals surface area (Å²) in [5.41, 5.74) is 9.19. The quantitative estimate of drug-likeness (QED) is 0.419. The molecule has 3 aromatic heterocycles. The van der Waals surface area contributed by atoms with E-state index in [0.717, 1.165) is 49.7 Å². The smallest absolute Gasteiger partial charge is 0.150 e. The molecule has 0 saturated carbocycles. The molecule has 0 spiro atoms. The summed E-state index contributed by atoms with van der Waals surface area (Å²) in [5.74, 6) is 0.312. The predicted molar refractivity (Wildman–Crippen MR) is 140 cm³/mol. The fraction of sp³-hybridized carbons (Fsp3) is 0.214. The highest BCUT2D eigenvalue weighted by Gasteiger charge is 2.16. The fourth-order valence-corrected chi connectivity index (χ4v) is 4.38. The molecular formula is C28H28FN5O2. The lowest BCUT2D eigenvalue weighted by Gasteiger charge is -2.26. The summed E-state index contributed by atoms with van der Waals surface area (Å²) in [5, 5.41) is 1.99. The van der Waals surface area contributed by atoms with Crippen LogP contribution in [-0.2, 0) is 4.74 Å². The molecule has 0 aliphatic carbocycles. The van der Waals surface area contributed by atoms with E-state index in [-0.39, 0.29) is 0 Å². The van der Waals surface area contributed by atoms with Crippen molar-refractivity contribution in [3.8, 4) is 16.9 Å². The Morgan fingerprint density at radius 3 is 2.72 bits per heavy atom. The molecule has 0 amide bonds. The van der Waals surface area contributed by atoms with Crippen molar-refractivity contribution in [2.75, 3.05) is 39.5 Å². The molecule has 3 N–H and O–H groups in total. The van der Waals surface area contributed by atoms with Crippen molar-refractivity contribution in [2.24, 2.45) is 5.73 Å². The molecule has 1 aliphatic heterocycles. The number of halogens is 1. The Labute approximate surface area is 208 Å². The number of nitrogens with zero attached hydrogens (tertiary/aromatic N) is 3. The molecule has 0 radical (unpaired) electrons. The highest BCUT2D eigenvalue weighted by Crippen LogP contribution is 2.29. The molecule has 5 rings (SSSR count). The third-order valence-corrected chi connectivity index (χ3v) is 6.29. The van der Waals surface area contributed by atoms with E-state index in [1.165, 1.54) is 12.4 Å². The van der Waals surface area contributed by atoms with Crippen molar-refractivity contribution in [1.29, 1.82) is 0 Å². The standard InChI is InChI=1S/C28H28FN5O2/c1-19(21-3-2-8-31-17-21)15-23-25(16-30)33-28-27(23)26(24(29)18-32-28)20-4-6-22(7-5-20)36-14-11-34-9-12-35-13-10-34/h2-8,15-18H,1,9-14,30H2,(H,32,33)/b23-15+,25-16+. The molecule has 4 heterocycles. The molecule has 0 unspecified atom stereocenters. The molecule has 36 heavy (non-hydrogen) atoms. The lowest BCUT2D eigenvalue weighted by molar-refractivity contribution is 0.0322. The van der Waals surface area contributed by atoms with E-state index in [0.29, 0.717) is 39.3 Å². The van der Waals surface area contributed by atoms with Gasteiger partial charge >= 0.3 is 0 Å². The molecule has 184 valence electrons. The first-order chi connectivity index (χ1) is 17.6. The molecule has 1 fully saturated rings. The summed E-state index contributed by atoms with van der Waals surface area (Å²) in [6.07, 6.45) is 7.99. The molecule has 1 aliphatic rings. The van der Waals surface area contributed by atoms with Crippen LogP contribution in [0.2, 0.25) is 0 Å². The van der Waals surface area contributed by atoms with E-state index in [4.69, 9.17) is 15.2 Å². The number of pyridine rings is 2. The number of aromatic amines is 1. The van der Waals surface area contributed by atoms with Crippen molar-refractivity contribution >= 4 is 28.9 Å². The lowest BCUT2D eigenvalue weighted by Crippen LogP contribution is -2.38. The van der Waals surface area contributed by atoms with Crippen LogP contribution in [0.25, 0.3) is 40.0 Å². The fourth-order valence-electron chi connectivity index (χ4n) is 4.38. The topological polar surface area (TPSA) is 89.3 Å². The van der Waals surface area contributed by atoms with E-state index in [9.17, 15) is 0 Å². The molecule has 0 atom stereocenters. The minimum Gasteiger partial charge on any atom is -0.492 e. The summed E-state index contributed by atoms with van der Waals surface area (Å²) in [4.78, 5) is 13.9. The second-order valence-electron chi connectivity index (χ2n) is 8.56. The number of hydrogen-bond donors (Lipinski definition) is 2. The van der Waals surface area contributed by atoms with Gasteiger partial charge in [0.05, 0.1) is 24.8 Å². The molecule has 1 saturated heterocycles. The van der Waals surface area contributed by atoms with Crippen LogP contribution in [0.15, 0.2) is 61.6 Å². The maximum absolute atomic E-state index is 15.3. The average Bonchev–Trinajstić information content (AvgIpc) is 3.27. The summed E-state index contributed by atoms with van der Waals surface area (Å²) < 4.78 is 26.6. The number of rotatable bonds is 7. The van der Waals surface area contributed by atoms with Crippen LogP contribution in [0.1, 0.15) is 5.56 Å². The number of allylic oxidation sites excluding steroid dienone is 1. The van der Waals surface area contributed by atoms with Crippen LogP contribution in [0.5, 0.6) is 5.75 Å². The van der Waals surface area contributed by atoms with Gasteiger partial charge in [-0.15, -0.1) is 0 Å². The first-order valence-corrected chi connectivity index (χ1v) is 11.9. The SMILES string of the molecule is C=C(/C=c1\c(=C/N)[nH]c2ncc(F)c(-c3ccc(OCCN4CCOCC4)cc3)c12)c1cccnc1. The van der Waals surface area contributed by atoms with E-state index >= 15 is 4.39 Å². The van der Waals surface area contributed by atoms with Gasteiger partial charge in [-0.25, -0.2) is 9.37 Å². The van der Waals surface area contributed by atoms with E-state index in [1.54, 1.807) is 12.4 Å². The van der Waals surface area contributed by atoms with Gasteiger partial charge in [-0.2, -0.15) is 0 Å². The highest BCUT2D eigenvalue weighted by atomic mass is 19.1. The summed E-state index contributed by atoms with van der Waals surface area (Å²) >= 11 is 0. The highest BCUT2D eigenvalue weighted by molar-refractivity contribution is 5.98. The Morgan fingerprint density at radius 2 is 2.00 bits per heavy atom. The summed E-state index contributed by atoms with van der Waals surface area (Å²) in [7, 11) is 0. The van der Waals surface area contributed by atoms with Gasteiger partial charge in [0.25, 0.3) is 0 Å². The number of ether oxygens (including phenoxy) is 2. The first kappa shape index (κ1) is 23.7. The first-order valence-electron chi connectivity index (χ1n) is 11.9. The molecule has 0 bridgehead atoms. The van der Waals surface area contributed by atoms with Gasteiger partial charge in [-0.3, -0.25) is 9.88 Å². The number of nitrogens with two attached hydrogens (primary N) is 1. The Bertz CT molecular complexity index is 1480. The minimum atomic E-state index is -0.423.